The molecule has 4 nitrogen and oxygen atoms in total. The summed E-state index contributed by atoms with van der Waals surface area (Å²) in [5.74, 6) is 0.737. The number of rotatable bonds is 3. The van der Waals surface area contributed by atoms with E-state index < -0.39 is 0 Å². The first-order valence-electron chi connectivity index (χ1n) is 9.50. The molecule has 0 aromatic heterocycles. The molecule has 3 aromatic rings. The number of nitriles is 1. The average Bonchev–Trinajstić information content (AvgIpc) is 2.71. The van der Waals surface area contributed by atoms with E-state index in [1.165, 1.54) is 0 Å². The Labute approximate surface area is 172 Å². The Hall–Kier alpha value is -3.71. The molecule has 0 fully saturated rings. The van der Waals surface area contributed by atoms with Gasteiger partial charge >= 0.3 is 0 Å². The van der Waals surface area contributed by atoms with Gasteiger partial charge in [0.25, 0.3) is 5.84 Å². The number of nitrogens with zero attached hydrogens (tertiary/aromatic N) is 2. The topological polar surface area (TPSA) is 76.7 Å². The highest BCUT2D eigenvalue weighted by molar-refractivity contribution is 6.03. The van der Waals surface area contributed by atoms with Gasteiger partial charge in [0.1, 0.15) is 5.69 Å². The zero-order chi connectivity index (χ0) is 21.1. The lowest BCUT2D eigenvalue weighted by atomic mass is 9.97. The molecule has 3 N–H and O–H groups in total. The SMILES string of the molecule is Cc1ccccc1C(N)=[N+](C(=N)c1ccccc1)c1c(C)cc(C)c(C#N)c1C. The maximum atomic E-state index is 9.69. The summed E-state index contributed by atoms with van der Waals surface area (Å²) in [5.41, 5.74) is 13.5. The summed E-state index contributed by atoms with van der Waals surface area (Å²) in [7, 11) is 0. The zero-order valence-electron chi connectivity index (χ0n) is 17.2. The monoisotopic (exact) mass is 381 g/mol. The van der Waals surface area contributed by atoms with Gasteiger partial charge in [-0.1, -0.05) is 42.5 Å². The van der Waals surface area contributed by atoms with Crippen molar-refractivity contribution in [3.8, 4) is 6.07 Å². The van der Waals surface area contributed by atoms with Crippen LogP contribution in [0.2, 0.25) is 0 Å². The van der Waals surface area contributed by atoms with E-state index in [2.05, 4.69) is 6.07 Å². The van der Waals surface area contributed by atoms with Crippen molar-refractivity contribution in [2.45, 2.75) is 27.7 Å². The van der Waals surface area contributed by atoms with Crippen LogP contribution < -0.4 is 5.73 Å². The summed E-state index contributed by atoms with van der Waals surface area (Å²) in [6.07, 6.45) is 0. The van der Waals surface area contributed by atoms with Gasteiger partial charge in [0, 0.05) is 5.56 Å². The summed E-state index contributed by atoms with van der Waals surface area (Å²) < 4.78 is 1.77. The van der Waals surface area contributed by atoms with E-state index in [4.69, 9.17) is 11.1 Å². The molecule has 0 bridgehead atoms. The van der Waals surface area contributed by atoms with Crippen molar-refractivity contribution in [2.24, 2.45) is 5.73 Å². The summed E-state index contributed by atoms with van der Waals surface area (Å²) in [4.78, 5) is 0. The van der Waals surface area contributed by atoms with Crippen molar-refractivity contribution in [1.82, 2.24) is 0 Å². The molecule has 0 spiro atoms. The van der Waals surface area contributed by atoms with Crippen LogP contribution in [-0.2, 0) is 0 Å². The zero-order valence-corrected chi connectivity index (χ0v) is 17.2. The smallest absolute Gasteiger partial charge is 0.266 e. The van der Waals surface area contributed by atoms with E-state index in [1.54, 1.807) is 4.58 Å². The fraction of sp³-hybridized carbons (Fsp3) is 0.160. The highest BCUT2D eigenvalue weighted by Crippen LogP contribution is 2.30. The molecule has 29 heavy (non-hydrogen) atoms. The lowest BCUT2D eigenvalue weighted by Crippen LogP contribution is -2.32. The number of hydrogen-bond acceptors (Lipinski definition) is 2. The number of benzene rings is 3. The lowest BCUT2D eigenvalue weighted by molar-refractivity contribution is -0.308. The third kappa shape index (κ3) is 3.68. The molecule has 0 saturated heterocycles. The third-order valence-corrected chi connectivity index (χ3v) is 5.20. The van der Waals surface area contributed by atoms with Crippen LogP contribution in [0.3, 0.4) is 0 Å². The molecule has 4 heteroatoms. The van der Waals surface area contributed by atoms with E-state index >= 15 is 0 Å². The van der Waals surface area contributed by atoms with Gasteiger partial charge < -0.3 is 5.73 Å². The van der Waals surface area contributed by atoms with Crippen LogP contribution in [0.15, 0.2) is 60.7 Å². The molecular weight excluding hydrogens is 356 g/mol. The van der Waals surface area contributed by atoms with Gasteiger partial charge in [0.05, 0.1) is 22.8 Å². The molecule has 3 aromatic carbocycles. The molecule has 0 unspecified atom stereocenters. The number of aryl methyl sites for hydroxylation is 3. The van der Waals surface area contributed by atoms with Gasteiger partial charge in [0.15, 0.2) is 0 Å². The minimum atomic E-state index is 0.269. The highest BCUT2D eigenvalue weighted by atomic mass is 15.1. The predicted molar refractivity (Wildman–Crippen MR) is 118 cm³/mol. The minimum Gasteiger partial charge on any atom is -0.318 e. The summed E-state index contributed by atoms with van der Waals surface area (Å²) in [5, 5.41) is 18.7. The normalized spacial score (nSPS) is 11.6. The van der Waals surface area contributed by atoms with E-state index in [-0.39, 0.29) is 5.84 Å². The van der Waals surface area contributed by atoms with Crippen LogP contribution in [0.1, 0.15) is 38.9 Å². The number of nitrogens with two attached hydrogens (primary N) is 1. The first kappa shape index (κ1) is 20.0. The van der Waals surface area contributed by atoms with Crippen molar-refractivity contribution in [3.63, 3.8) is 0 Å². The predicted octanol–water partition coefficient (Wildman–Crippen LogP) is 4.87. The molecule has 0 aliphatic rings. The molecular formula is C25H25N4+. The Kier molecular flexibility index (Phi) is 5.61. The average molecular weight is 382 g/mol. The maximum Gasteiger partial charge on any atom is 0.266 e. The Morgan fingerprint density at radius 1 is 0.897 bits per heavy atom. The summed E-state index contributed by atoms with van der Waals surface area (Å²) in [6, 6.07) is 21.7. The molecule has 0 heterocycles. The fourth-order valence-corrected chi connectivity index (χ4v) is 3.75. The van der Waals surface area contributed by atoms with Crippen LogP contribution in [0.5, 0.6) is 0 Å². The van der Waals surface area contributed by atoms with Gasteiger partial charge in [-0.05, 0) is 62.6 Å². The maximum absolute atomic E-state index is 9.69. The Morgan fingerprint density at radius 2 is 1.52 bits per heavy atom. The van der Waals surface area contributed by atoms with Gasteiger partial charge in [-0.3, -0.25) is 0 Å². The van der Waals surface area contributed by atoms with Crippen LogP contribution in [0.4, 0.5) is 5.69 Å². The van der Waals surface area contributed by atoms with Gasteiger partial charge in [-0.15, -0.1) is 0 Å². The largest absolute Gasteiger partial charge is 0.318 e. The Bertz CT molecular complexity index is 1170. The second-order valence-electron chi connectivity index (χ2n) is 7.22. The van der Waals surface area contributed by atoms with Gasteiger partial charge in [-0.25, -0.2) is 0 Å². The number of amidine groups is 2. The molecule has 0 amide bonds. The number of hydrogen-bond donors (Lipinski definition) is 2. The van der Waals surface area contributed by atoms with Crippen LogP contribution in [0, 0.1) is 44.4 Å². The van der Waals surface area contributed by atoms with Gasteiger partial charge in [-0.2, -0.15) is 15.2 Å². The fourth-order valence-electron chi connectivity index (χ4n) is 3.75. The van der Waals surface area contributed by atoms with E-state index in [1.807, 2.05) is 88.4 Å². The second kappa shape index (κ2) is 8.12. The van der Waals surface area contributed by atoms with Crippen LogP contribution in [-0.4, -0.2) is 16.2 Å². The van der Waals surface area contributed by atoms with Crippen LogP contribution >= 0.6 is 0 Å². The second-order valence-corrected chi connectivity index (χ2v) is 7.22. The summed E-state index contributed by atoms with van der Waals surface area (Å²) >= 11 is 0. The molecule has 0 radical (unpaired) electrons. The molecule has 0 aliphatic carbocycles. The van der Waals surface area contributed by atoms with E-state index in [0.29, 0.717) is 11.4 Å². The molecule has 144 valence electrons. The highest BCUT2D eigenvalue weighted by Gasteiger charge is 2.25. The van der Waals surface area contributed by atoms with E-state index in [9.17, 15) is 5.26 Å². The van der Waals surface area contributed by atoms with Crippen molar-refractivity contribution in [3.05, 3.63) is 99.6 Å². The molecule has 0 atom stereocenters. The van der Waals surface area contributed by atoms with Crippen LogP contribution in [0.25, 0.3) is 0 Å². The molecule has 0 saturated carbocycles. The first-order chi connectivity index (χ1) is 13.9. The first-order valence-corrected chi connectivity index (χ1v) is 9.50. The lowest BCUT2D eigenvalue weighted by Gasteiger charge is -2.19. The van der Waals surface area contributed by atoms with Crippen molar-refractivity contribution >= 4 is 17.4 Å². The summed E-state index contributed by atoms with van der Waals surface area (Å²) in [6.45, 7) is 7.85. The standard InChI is InChI=1S/C25H24N4/c1-16-10-8-9-13-21(16)25(28)29(24(27)20-11-6-5-7-12-20)23-18(3)14-17(2)22(15-26)19(23)4/h5-14,27-28H,1-4H3/p+1. The third-order valence-electron chi connectivity index (χ3n) is 5.20. The van der Waals surface area contributed by atoms with Gasteiger partial charge in [0.2, 0.25) is 5.84 Å². The van der Waals surface area contributed by atoms with Crippen molar-refractivity contribution in [2.75, 3.05) is 0 Å². The number of nitrogens with one attached hydrogen (secondary N) is 1. The quantitative estimate of drug-likeness (QED) is 0.386. The van der Waals surface area contributed by atoms with Crippen molar-refractivity contribution < 1.29 is 4.58 Å². The molecule has 3 rings (SSSR count). The Balaban J connectivity index is 2.41. The van der Waals surface area contributed by atoms with E-state index in [0.717, 1.165) is 39.1 Å². The molecule has 0 aliphatic heterocycles. The minimum absolute atomic E-state index is 0.269. The van der Waals surface area contributed by atoms with Crippen molar-refractivity contribution in [1.29, 1.82) is 10.7 Å². The Morgan fingerprint density at radius 3 is 2.14 bits per heavy atom.